The Kier molecular flexibility index (Phi) is 2.36. The van der Waals surface area contributed by atoms with Gasteiger partial charge in [-0.15, -0.1) is 0 Å². The van der Waals surface area contributed by atoms with Crippen molar-refractivity contribution in [2.45, 2.75) is 18.8 Å². The van der Waals surface area contributed by atoms with Crippen molar-refractivity contribution in [1.29, 1.82) is 0 Å². The normalized spacial score (nSPS) is 18.1. The van der Waals surface area contributed by atoms with E-state index in [1.54, 1.807) is 10.5 Å². The van der Waals surface area contributed by atoms with Gasteiger partial charge in [0.25, 0.3) is 0 Å². The van der Waals surface area contributed by atoms with Gasteiger partial charge >= 0.3 is 0 Å². The van der Waals surface area contributed by atoms with E-state index >= 15 is 0 Å². The second-order valence-electron chi connectivity index (χ2n) is 4.30. The molecule has 1 N–H and O–H groups in total. The summed E-state index contributed by atoms with van der Waals surface area (Å²) in [6.07, 6.45) is 5.67. The number of halogens is 1. The van der Waals surface area contributed by atoms with E-state index in [2.05, 4.69) is 10.3 Å². The minimum absolute atomic E-state index is 0.221. The zero-order valence-electron chi connectivity index (χ0n) is 8.99. The molecule has 3 heterocycles. The molecule has 2 aromatic heterocycles. The van der Waals surface area contributed by atoms with Crippen LogP contribution in [-0.2, 0) is 0 Å². The maximum Gasteiger partial charge on any atom is 0.139 e. The summed E-state index contributed by atoms with van der Waals surface area (Å²) in [5, 5.41) is 3.33. The molecular weight excluding hydrogens is 205 g/mol. The molecule has 4 heteroatoms. The predicted octanol–water partition coefficient (Wildman–Crippen LogP) is 1.94. The number of rotatable bonds is 1. The number of nitrogens with zero attached hydrogens (tertiary/aromatic N) is 2. The SMILES string of the molecule is Fc1ccc2nc(C3CCNCC3)cn2c1. The van der Waals surface area contributed by atoms with Crippen molar-refractivity contribution >= 4 is 5.65 Å². The predicted molar refractivity (Wildman–Crippen MR) is 60.0 cm³/mol. The van der Waals surface area contributed by atoms with Gasteiger partial charge in [0.05, 0.1) is 5.69 Å². The van der Waals surface area contributed by atoms with E-state index < -0.39 is 0 Å². The summed E-state index contributed by atoms with van der Waals surface area (Å²) in [4.78, 5) is 4.55. The highest BCUT2D eigenvalue weighted by molar-refractivity contribution is 5.40. The van der Waals surface area contributed by atoms with E-state index in [0.717, 1.165) is 37.3 Å². The maximum atomic E-state index is 13.0. The fourth-order valence-electron chi connectivity index (χ4n) is 2.30. The Labute approximate surface area is 93.3 Å². The fraction of sp³-hybridized carbons (Fsp3) is 0.417. The van der Waals surface area contributed by atoms with Crippen molar-refractivity contribution in [1.82, 2.24) is 14.7 Å². The molecule has 1 aliphatic heterocycles. The van der Waals surface area contributed by atoms with Crippen LogP contribution >= 0.6 is 0 Å². The topological polar surface area (TPSA) is 29.3 Å². The number of hydrogen-bond acceptors (Lipinski definition) is 2. The van der Waals surface area contributed by atoms with Gasteiger partial charge in [0, 0.05) is 18.3 Å². The average Bonchev–Trinajstić information content (AvgIpc) is 2.73. The molecule has 84 valence electrons. The molecule has 3 rings (SSSR count). The quantitative estimate of drug-likeness (QED) is 0.794. The third-order valence-electron chi connectivity index (χ3n) is 3.19. The fourth-order valence-corrected chi connectivity index (χ4v) is 2.30. The number of imidazole rings is 1. The number of aromatic nitrogens is 2. The van der Waals surface area contributed by atoms with Crippen LogP contribution in [0.15, 0.2) is 24.5 Å². The number of pyridine rings is 1. The van der Waals surface area contributed by atoms with Crippen LogP contribution in [0, 0.1) is 5.82 Å². The maximum absolute atomic E-state index is 13.0. The first kappa shape index (κ1) is 9.78. The minimum Gasteiger partial charge on any atom is -0.317 e. The molecule has 0 bridgehead atoms. The van der Waals surface area contributed by atoms with Gasteiger partial charge in [0.15, 0.2) is 0 Å². The van der Waals surface area contributed by atoms with Crippen molar-refractivity contribution in [2.75, 3.05) is 13.1 Å². The molecule has 0 aromatic carbocycles. The molecular formula is C12H14FN3. The highest BCUT2D eigenvalue weighted by atomic mass is 19.1. The second-order valence-corrected chi connectivity index (χ2v) is 4.30. The molecule has 3 nitrogen and oxygen atoms in total. The van der Waals surface area contributed by atoms with E-state index in [-0.39, 0.29) is 5.82 Å². The first-order valence-electron chi connectivity index (χ1n) is 5.68. The number of hydrogen-bond donors (Lipinski definition) is 1. The lowest BCUT2D eigenvalue weighted by Crippen LogP contribution is -2.26. The molecule has 1 aliphatic rings. The molecule has 0 atom stereocenters. The molecule has 0 radical (unpaired) electrons. The van der Waals surface area contributed by atoms with Crippen LogP contribution in [-0.4, -0.2) is 22.5 Å². The second kappa shape index (κ2) is 3.87. The van der Waals surface area contributed by atoms with Gasteiger partial charge in [-0.1, -0.05) is 0 Å². The Morgan fingerprint density at radius 3 is 2.88 bits per heavy atom. The molecule has 2 aromatic rings. The Morgan fingerprint density at radius 1 is 1.25 bits per heavy atom. The van der Waals surface area contributed by atoms with Crippen LogP contribution in [0.2, 0.25) is 0 Å². The van der Waals surface area contributed by atoms with Gasteiger partial charge in [0.1, 0.15) is 11.5 Å². The van der Waals surface area contributed by atoms with Gasteiger partial charge in [-0.2, -0.15) is 0 Å². The lowest BCUT2D eigenvalue weighted by atomic mass is 9.95. The standard InChI is InChI=1S/C12H14FN3/c13-10-1-2-12-15-11(8-16(12)7-10)9-3-5-14-6-4-9/h1-2,7-9,14H,3-6H2. The molecule has 0 aliphatic carbocycles. The first-order chi connectivity index (χ1) is 7.83. The van der Waals surface area contributed by atoms with Gasteiger partial charge < -0.3 is 9.72 Å². The largest absolute Gasteiger partial charge is 0.317 e. The monoisotopic (exact) mass is 219 g/mol. The summed E-state index contributed by atoms with van der Waals surface area (Å²) < 4.78 is 14.8. The highest BCUT2D eigenvalue weighted by Crippen LogP contribution is 2.24. The summed E-state index contributed by atoms with van der Waals surface area (Å²) in [6, 6.07) is 3.18. The number of nitrogens with one attached hydrogen (secondary N) is 1. The molecule has 1 fully saturated rings. The van der Waals surface area contributed by atoms with E-state index in [1.165, 1.54) is 12.3 Å². The third-order valence-corrected chi connectivity index (χ3v) is 3.19. The van der Waals surface area contributed by atoms with E-state index in [4.69, 9.17) is 0 Å². The van der Waals surface area contributed by atoms with Crippen molar-refractivity contribution < 1.29 is 4.39 Å². The van der Waals surface area contributed by atoms with Gasteiger partial charge in [-0.3, -0.25) is 0 Å². The summed E-state index contributed by atoms with van der Waals surface area (Å²) in [5.74, 6) is 0.297. The van der Waals surface area contributed by atoms with Gasteiger partial charge in [0.2, 0.25) is 0 Å². The van der Waals surface area contributed by atoms with Crippen LogP contribution in [0.4, 0.5) is 4.39 Å². The van der Waals surface area contributed by atoms with Crippen LogP contribution in [0.1, 0.15) is 24.5 Å². The lowest BCUT2D eigenvalue weighted by Gasteiger charge is -2.20. The number of fused-ring (bicyclic) bond motifs is 1. The van der Waals surface area contributed by atoms with Crippen LogP contribution < -0.4 is 5.32 Å². The van der Waals surface area contributed by atoms with Crippen LogP contribution in [0.5, 0.6) is 0 Å². The average molecular weight is 219 g/mol. The molecule has 16 heavy (non-hydrogen) atoms. The third kappa shape index (κ3) is 1.69. The Hall–Kier alpha value is -1.42. The Balaban J connectivity index is 1.97. The molecule has 0 spiro atoms. The molecule has 0 saturated carbocycles. The Morgan fingerprint density at radius 2 is 2.06 bits per heavy atom. The molecule has 0 unspecified atom stereocenters. The number of piperidine rings is 1. The summed E-state index contributed by atoms with van der Waals surface area (Å²) in [6.45, 7) is 2.10. The van der Waals surface area contributed by atoms with Crippen molar-refractivity contribution in [3.8, 4) is 0 Å². The zero-order chi connectivity index (χ0) is 11.0. The van der Waals surface area contributed by atoms with E-state index in [0.29, 0.717) is 5.92 Å². The van der Waals surface area contributed by atoms with Crippen LogP contribution in [0.25, 0.3) is 5.65 Å². The van der Waals surface area contributed by atoms with E-state index in [1.807, 2.05) is 6.20 Å². The van der Waals surface area contributed by atoms with Gasteiger partial charge in [-0.05, 0) is 38.1 Å². The van der Waals surface area contributed by atoms with Crippen molar-refractivity contribution in [3.05, 3.63) is 36.0 Å². The van der Waals surface area contributed by atoms with Crippen molar-refractivity contribution in [3.63, 3.8) is 0 Å². The highest BCUT2D eigenvalue weighted by Gasteiger charge is 2.17. The molecule has 1 saturated heterocycles. The van der Waals surface area contributed by atoms with Crippen LogP contribution in [0.3, 0.4) is 0 Å². The summed E-state index contributed by atoms with van der Waals surface area (Å²) in [5.41, 5.74) is 1.92. The summed E-state index contributed by atoms with van der Waals surface area (Å²) >= 11 is 0. The van der Waals surface area contributed by atoms with Crippen molar-refractivity contribution in [2.24, 2.45) is 0 Å². The first-order valence-corrected chi connectivity index (χ1v) is 5.68. The van der Waals surface area contributed by atoms with E-state index in [9.17, 15) is 4.39 Å². The smallest absolute Gasteiger partial charge is 0.139 e. The lowest BCUT2D eigenvalue weighted by molar-refractivity contribution is 0.454. The summed E-state index contributed by atoms with van der Waals surface area (Å²) in [7, 11) is 0. The van der Waals surface area contributed by atoms with Gasteiger partial charge in [-0.25, -0.2) is 9.37 Å². The Bertz CT molecular complexity index is 500. The minimum atomic E-state index is -0.221. The zero-order valence-corrected chi connectivity index (χ0v) is 8.99. The molecule has 0 amide bonds.